The monoisotopic (exact) mass is 444 g/mol. The van der Waals surface area contributed by atoms with Crippen molar-refractivity contribution in [3.63, 3.8) is 0 Å². The molecule has 1 aliphatic heterocycles. The fraction of sp³-hybridized carbons (Fsp3) is 0.478. The summed E-state index contributed by atoms with van der Waals surface area (Å²) in [5.74, 6) is -0.876. The number of nitrogens with zero attached hydrogens (tertiary/aromatic N) is 8. The smallest absolute Gasteiger partial charge is 0.249 e. The number of amides is 1. The van der Waals surface area contributed by atoms with E-state index in [0.29, 0.717) is 24.3 Å². The highest BCUT2D eigenvalue weighted by atomic mass is 19.1. The molecule has 2 saturated carbocycles. The van der Waals surface area contributed by atoms with Crippen molar-refractivity contribution in [3.05, 3.63) is 30.6 Å². The molecule has 10 heteroatoms. The van der Waals surface area contributed by atoms with Gasteiger partial charge in [0.05, 0.1) is 48.4 Å². The molecule has 3 aliphatic rings. The number of carbonyl (C=O) groups excluding carboxylic acids is 1. The zero-order chi connectivity index (χ0) is 23.0. The summed E-state index contributed by atoms with van der Waals surface area (Å²) in [6, 6.07) is 4.66. The molecule has 3 aromatic rings. The Morgan fingerprint density at radius 1 is 1.18 bits per heavy atom. The third kappa shape index (κ3) is 2.80. The van der Waals surface area contributed by atoms with Crippen molar-refractivity contribution < 1.29 is 9.18 Å². The Kier molecular flexibility index (Phi) is 3.98. The standard InChI is InChI=1S/C23H21FN8O/c1-14-8-31(21(33)23(14,12-26)16-2-3-16)20-19-17(24)7-28-32(19)10-18(29-20)15-6-27-30(9-15)13-22(11-25)4-5-22/h6-7,9-10,14,16H,2-5,8,13H2,1H3/t14-,23+/m1/s1. The van der Waals surface area contributed by atoms with Gasteiger partial charge in [0.2, 0.25) is 5.91 Å². The van der Waals surface area contributed by atoms with Gasteiger partial charge in [-0.2, -0.15) is 20.7 Å². The Bertz CT molecular complexity index is 1390. The van der Waals surface area contributed by atoms with E-state index < -0.39 is 11.2 Å². The van der Waals surface area contributed by atoms with Gasteiger partial charge >= 0.3 is 0 Å². The van der Waals surface area contributed by atoms with Crippen molar-refractivity contribution >= 4 is 17.2 Å². The zero-order valence-electron chi connectivity index (χ0n) is 18.1. The third-order valence-electron chi connectivity index (χ3n) is 7.41. The molecule has 0 bridgehead atoms. The number of aromatic nitrogens is 5. The molecule has 6 rings (SSSR count). The second kappa shape index (κ2) is 6.61. The SMILES string of the molecule is C[C@@H]1CN(c2nc(-c3cnn(CC4(C#N)CC4)c3)cn3ncc(F)c23)C(=O)[C@]1(C#N)C1CC1. The number of halogens is 1. The summed E-state index contributed by atoms with van der Waals surface area (Å²) in [5, 5.41) is 27.8. The maximum Gasteiger partial charge on any atom is 0.249 e. The van der Waals surface area contributed by atoms with Crippen molar-refractivity contribution in [1.82, 2.24) is 24.4 Å². The van der Waals surface area contributed by atoms with Gasteiger partial charge in [-0.05, 0) is 31.6 Å². The molecule has 33 heavy (non-hydrogen) atoms. The minimum atomic E-state index is -1.09. The average molecular weight is 444 g/mol. The van der Waals surface area contributed by atoms with Crippen LogP contribution in [0.5, 0.6) is 0 Å². The van der Waals surface area contributed by atoms with E-state index in [4.69, 9.17) is 0 Å². The topological polar surface area (TPSA) is 116 Å². The Morgan fingerprint density at radius 2 is 1.97 bits per heavy atom. The summed E-state index contributed by atoms with van der Waals surface area (Å²) in [6.45, 7) is 2.70. The molecule has 4 heterocycles. The van der Waals surface area contributed by atoms with Crippen LogP contribution in [0.4, 0.5) is 10.2 Å². The minimum Gasteiger partial charge on any atom is -0.293 e. The fourth-order valence-corrected chi connectivity index (χ4v) is 5.12. The molecule has 0 radical (unpaired) electrons. The van der Waals surface area contributed by atoms with Gasteiger partial charge in [-0.3, -0.25) is 14.4 Å². The lowest BCUT2D eigenvalue weighted by Crippen LogP contribution is -2.37. The number of fused-ring (bicyclic) bond motifs is 1. The number of hydrogen-bond acceptors (Lipinski definition) is 6. The highest BCUT2D eigenvalue weighted by Gasteiger charge is 2.61. The largest absolute Gasteiger partial charge is 0.293 e. The fourth-order valence-electron chi connectivity index (χ4n) is 5.12. The van der Waals surface area contributed by atoms with Crippen LogP contribution in [0.15, 0.2) is 24.8 Å². The van der Waals surface area contributed by atoms with Gasteiger partial charge in [0.15, 0.2) is 11.6 Å². The first-order valence-electron chi connectivity index (χ1n) is 11.1. The molecule has 2 aliphatic carbocycles. The summed E-state index contributed by atoms with van der Waals surface area (Å²) in [5.41, 5.74) is -0.173. The third-order valence-corrected chi connectivity index (χ3v) is 7.41. The molecule has 0 unspecified atom stereocenters. The van der Waals surface area contributed by atoms with Crippen molar-refractivity contribution in [1.29, 1.82) is 10.5 Å². The molecule has 0 N–H and O–H groups in total. The number of nitriles is 2. The highest BCUT2D eigenvalue weighted by Crippen LogP contribution is 2.54. The van der Waals surface area contributed by atoms with E-state index in [2.05, 4.69) is 27.3 Å². The predicted molar refractivity (Wildman–Crippen MR) is 114 cm³/mol. The van der Waals surface area contributed by atoms with Gasteiger partial charge in [0.25, 0.3) is 0 Å². The zero-order valence-corrected chi connectivity index (χ0v) is 18.1. The summed E-state index contributed by atoms with van der Waals surface area (Å²) in [6.07, 6.45) is 9.56. The van der Waals surface area contributed by atoms with Gasteiger partial charge in [0, 0.05) is 24.2 Å². The summed E-state index contributed by atoms with van der Waals surface area (Å²) in [7, 11) is 0. The first kappa shape index (κ1) is 19.9. The molecular weight excluding hydrogens is 423 g/mol. The van der Waals surface area contributed by atoms with Gasteiger partial charge in [-0.15, -0.1) is 0 Å². The quantitative estimate of drug-likeness (QED) is 0.597. The normalized spacial score (nSPS) is 25.9. The number of anilines is 1. The average Bonchev–Trinajstić information content (AvgIpc) is 3.70. The Morgan fingerprint density at radius 3 is 2.64 bits per heavy atom. The van der Waals surface area contributed by atoms with Crippen LogP contribution in [0.1, 0.15) is 32.6 Å². The molecule has 0 spiro atoms. The first-order valence-corrected chi connectivity index (χ1v) is 11.1. The number of carbonyl (C=O) groups is 1. The molecule has 166 valence electrons. The molecule has 0 aromatic carbocycles. The summed E-state index contributed by atoms with van der Waals surface area (Å²) >= 11 is 0. The summed E-state index contributed by atoms with van der Waals surface area (Å²) < 4.78 is 17.8. The molecule has 9 nitrogen and oxygen atoms in total. The number of hydrogen-bond donors (Lipinski definition) is 0. The van der Waals surface area contributed by atoms with Crippen LogP contribution in [0.3, 0.4) is 0 Å². The van der Waals surface area contributed by atoms with E-state index >= 15 is 0 Å². The van der Waals surface area contributed by atoms with E-state index in [-0.39, 0.29) is 34.5 Å². The van der Waals surface area contributed by atoms with Crippen LogP contribution in [0.2, 0.25) is 0 Å². The van der Waals surface area contributed by atoms with Crippen LogP contribution in [0.25, 0.3) is 16.8 Å². The van der Waals surface area contributed by atoms with Crippen LogP contribution in [-0.4, -0.2) is 36.8 Å². The van der Waals surface area contributed by atoms with Crippen LogP contribution >= 0.6 is 0 Å². The van der Waals surface area contributed by atoms with Gasteiger partial charge in [-0.1, -0.05) is 6.92 Å². The Balaban J connectivity index is 1.43. The lowest BCUT2D eigenvalue weighted by molar-refractivity contribution is -0.124. The van der Waals surface area contributed by atoms with E-state index in [0.717, 1.165) is 31.9 Å². The Labute approximate surface area is 189 Å². The lowest BCUT2D eigenvalue weighted by Gasteiger charge is -2.23. The van der Waals surface area contributed by atoms with E-state index in [1.807, 2.05) is 6.92 Å². The van der Waals surface area contributed by atoms with Crippen molar-refractivity contribution in [2.75, 3.05) is 11.4 Å². The van der Waals surface area contributed by atoms with Gasteiger partial charge < -0.3 is 0 Å². The molecule has 1 saturated heterocycles. The van der Waals surface area contributed by atoms with Crippen LogP contribution in [0, 0.1) is 51.1 Å². The van der Waals surface area contributed by atoms with Crippen LogP contribution in [-0.2, 0) is 11.3 Å². The molecule has 2 atom stereocenters. The Hall–Kier alpha value is -3.79. The van der Waals surface area contributed by atoms with Gasteiger partial charge in [0.1, 0.15) is 10.9 Å². The lowest BCUT2D eigenvalue weighted by atomic mass is 9.75. The van der Waals surface area contributed by atoms with E-state index in [1.165, 1.54) is 9.42 Å². The molecular formula is C23H21FN8O. The highest BCUT2D eigenvalue weighted by molar-refractivity contribution is 6.04. The molecule has 3 fully saturated rings. The van der Waals surface area contributed by atoms with Gasteiger partial charge in [-0.25, -0.2) is 13.9 Å². The molecule has 1 amide bonds. The summed E-state index contributed by atoms with van der Waals surface area (Å²) in [4.78, 5) is 19.7. The first-order chi connectivity index (χ1) is 15.9. The minimum absolute atomic E-state index is 0.0390. The molecule has 3 aromatic heterocycles. The van der Waals surface area contributed by atoms with E-state index in [9.17, 15) is 19.7 Å². The second-order valence-electron chi connectivity index (χ2n) is 9.63. The second-order valence-corrected chi connectivity index (χ2v) is 9.63. The maximum atomic E-state index is 14.7. The number of rotatable bonds is 5. The predicted octanol–water partition coefficient (Wildman–Crippen LogP) is 2.94. The van der Waals surface area contributed by atoms with Crippen molar-refractivity contribution in [3.8, 4) is 23.4 Å². The van der Waals surface area contributed by atoms with E-state index in [1.54, 1.807) is 23.3 Å². The van der Waals surface area contributed by atoms with Crippen LogP contribution < -0.4 is 4.90 Å². The van der Waals surface area contributed by atoms with Crippen molar-refractivity contribution in [2.24, 2.45) is 22.7 Å². The van der Waals surface area contributed by atoms with Crippen molar-refractivity contribution in [2.45, 2.75) is 39.2 Å². The maximum absolute atomic E-state index is 14.7.